The number of hydrogen-bond donors (Lipinski definition) is 2. The van der Waals surface area contributed by atoms with E-state index in [1.54, 1.807) is 12.1 Å². The van der Waals surface area contributed by atoms with Gasteiger partial charge in [-0.3, -0.25) is 0 Å². The largest absolute Gasteiger partial charge is 0.406 e. The van der Waals surface area contributed by atoms with Crippen LogP contribution in [0, 0.1) is 5.82 Å². The molecule has 2 N–H and O–H groups in total. The SMILES string of the molecule is CC(C)NCc1nnc(Nc2ccc(F)cc2)o1. The molecule has 0 fully saturated rings. The molecule has 1 aromatic heterocycles. The van der Waals surface area contributed by atoms with Gasteiger partial charge in [0.15, 0.2) is 0 Å². The minimum Gasteiger partial charge on any atom is -0.406 e. The van der Waals surface area contributed by atoms with Gasteiger partial charge in [-0.2, -0.15) is 0 Å². The molecule has 0 saturated heterocycles. The van der Waals surface area contributed by atoms with E-state index in [0.717, 1.165) is 0 Å². The fraction of sp³-hybridized carbons (Fsp3) is 0.333. The Morgan fingerprint density at radius 3 is 2.61 bits per heavy atom. The fourth-order valence-corrected chi connectivity index (χ4v) is 1.32. The minimum absolute atomic E-state index is 0.284. The standard InChI is InChI=1S/C12H15FN4O/c1-8(2)14-7-11-16-17-12(18-11)15-10-5-3-9(13)4-6-10/h3-6,8,14H,7H2,1-2H3,(H,15,17). The first-order valence-electron chi connectivity index (χ1n) is 5.72. The Hall–Kier alpha value is -1.95. The lowest BCUT2D eigenvalue weighted by molar-refractivity contribution is 0.460. The molecule has 0 aliphatic carbocycles. The van der Waals surface area contributed by atoms with E-state index < -0.39 is 0 Å². The summed E-state index contributed by atoms with van der Waals surface area (Å²) >= 11 is 0. The zero-order valence-electron chi connectivity index (χ0n) is 10.3. The summed E-state index contributed by atoms with van der Waals surface area (Å²) in [4.78, 5) is 0. The van der Waals surface area contributed by atoms with Gasteiger partial charge in [-0.1, -0.05) is 18.9 Å². The van der Waals surface area contributed by atoms with Crippen LogP contribution in [-0.2, 0) is 6.54 Å². The third kappa shape index (κ3) is 3.53. The van der Waals surface area contributed by atoms with E-state index in [-0.39, 0.29) is 5.82 Å². The monoisotopic (exact) mass is 250 g/mol. The van der Waals surface area contributed by atoms with Crippen LogP contribution >= 0.6 is 0 Å². The maximum atomic E-state index is 12.7. The molecule has 18 heavy (non-hydrogen) atoms. The molecule has 2 rings (SSSR count). The molecule has 0 atom stereocenters. The fourth-order valence-electron chi connectivity index (χ4n) is 1.32. The second kappa shape index (κ2) is 5.59. The molecule has 0 unspecified atom stereocenters. The van der Waals surface area contributed by atoms with E-state index in [9.17, 15) is 4.39 Å². The lowest BCUT2D eigenvalue weighted by Crippen LogP contribution is -2.21. The summed E-state index contributed by atoms with van der Waals surface area (Å²) in [6, 6.07) is 6.57. The molecule has 6 heteroatoms. The van der Waals surface area contributed by atoms with Crippen LogP contribution in [-0.4, -0.2) is 16.2 Å². The quantitative estimate of drug-likeness (QED) is 0.853. The van der Waals surface area contributed by atoms with E-state index in [1.807, 2.05) is 13.8 Å². The van der Waals surface area contributed by atoms with Crippen LogP contribution in [0.25, 0.3) is 0 Å². The second-order valence-corrected chi connectivity index (χ2v) is 4.17. The number of rotatable bonds is 5. The van der Waals surface area contributed by atoms with Crippen LogP contribution in [0.5, 0.6) is 0 Å². The highest BCUT2D eigenvalue weighted by Crippen LogP contribution is 2.15. The van der Waals surface area contributed by atoms with E-state index in [1.165, 1.54) is 12.1 Å². The van der Waals surface area contributed by atoms with E-state index in [4.69, 9.17) is 4.42 Å². The molecule has 96 valence electrons. The summed E-state index contributed by atoms with van der Waals surface area (Å²) in [5.41, 5.74) is 0.698. The molecule has 5 nitrogen and oxygen atoms in total. The van der Waals surface area contributed by atoms with Crippen molar-refractivity contribution in [3.05, 3.63) is 36.0 Å². The highest BCUT2D eigenvalue weighted by atomic mass is 19.1. The van der Waals surface area contributed by atoms with Gasteiger partial charge < -0.3 is 15.1 Å². The summed E-state index contributed by atoms with van der Waals surface area (Å²) < 4.78 is 18.1. The topological polar surface area (TPSA) is 63.0 Å². The zero-order valence-corrected chi connectivity index (χ0v) is 10.3. The van der Waals surface area contributed by atoms with E-state index in [0.29, 0.717) is 30.2 Å². The molecule has 0 radical (unpaired) electrons. The average molecular weight is 250 g/mol. The van der Waals surface area contributed by atoms with Gasteiger partial charge in [0.25, 0.3) is 0 Å². The molecule has 0 spiro atoms. The maximum absolute atomic E-state index is 12.7. The summed E-state index contributed by atoms with van der Waals surface area (Å²) in [5, 5.41) is 13.8. The Kier molecular flexibility index (Phi) is 3.88. The minimum atomic E-state index is -0.284. The molecule has 1 heterocycles. The lowest BCUT2D eigenvalue weighted by Gasteiger charge is -2.03. The van der Waals surface area contributed by atoms with Crippen molar-refractivity contribution < 1.29 is 8.81 Å². The van der Waals surface area contributed by atoms with Gasteiger partial charge in [0.2, 0.25) is 5.89 Å². The summed E-state index contributed by atoms with van der Waals surface area (Å²) in [6.45, 7) is 4.60. The Morgan fingerprint density at radius 1 is 1.22 bits per heavy atom. The Labute approximate surface area is 104 Å². The Bertz CT molecular complexity index is 495. The van der Waals surface area contributed by atoms with Crippen molar-refractivity contribution in [1.82, 2.24) is 15.5 Å². The van der Waals surface area contributed by atoms with Crippen molar-refractivity contribution in [2.24, 2.45) is 0 Å². The van der Waals surface area contributed by atoms with Crippen molar-refractivity contribution in [3.8, 4) is 0 Å². The molecular formula is C12H15FN4O. The van der Waals surface area contributed by atoms with Gasteiger partial charge in [-0.25, -0.2) is 4.39 Å². The first-order valence-corrected chi connectivity index (χ1v) is 5.72. The predicted octanol–water partition coefficient (Wildman–Crippen LogP) is 2.45. The summed E-state index contributed by atoms with van der Waals surface area (Å²) in [6.07, 6.45) is 0. The van der Waals surface area contributed by atoms with Crippen molar-refractivity contribution in [3.63, 3.8) is 0 Å². The highest BCUT2D eigenvalue weighted by Gasteiger charge is 2.06. The number of aromatic nitrogens is 2. The van der Waals surface area contributed by atoms with Gasteiger partial charge in [0.05, 0.1) is 6.54 Å². The van der Waals surface area contributed by atoms with Crippen molar-refractivity contribution in [2.75, 3.05) is 5.32 Å². The second-order valence-electron chi connectivity index (χ2n) is 4.17. The predicted molar refractivity (Wildman–Crippen MR) is 66.0 cm³/mol. The molecule has 0 aliphatic heterocycles. The van der Waals surface area contributed by atoms with Gasteiger partial charge in [0.1, 0.15) is 5.82 Å². The normalized spacial score (nSPS) is 10.9. The smallest absolute Gasteiger partial charge is 0.320 e. The Morgan fingerprint density at radius 2 is 1.94 bits per heavy atom. The number of anilines is 2. The maximum Gasteiger partial charge on any atom is 0.320 e. The number of nitrogens with one attached hydrogen (secondary N) is 2. The van der Waals surface area contributed by atoms with Crippen molar-refractivity contribution >= 4 is 11.7 Å². The van der Waals surface area contributed by atoms with Crippen LogP contribution in [0.1, 0.15) is 19.7 Å². The van der Waals surface area contributed by atoms with Gasteiger partial charge >= 0.3 is 6.01 Å². The van der Waals surface area contributed by atoms with Crippen LogP contribution in [0.4, 0.5) is 16.1 Å². The van der Waals surface area contributed by atoms with Crippen molar-refractivity contribution in [1.29, 1.82) is 0 Å². The van der Waals surface area contributed by atoms with Gasteiger partial charge in [0, 0.05) is 11.7 Å². The number of halogens is 1. The molecule has 0 saturated carbocycles. The van der Waals surface area contributed by atoms with Gasteiger partial charge in [-0.15, -0.1) is 5.10 Å². The highest BCUT2D eigenvalue weighted by molar-refractivity contribution is 5.51. The molecule has 1 aromatic carbocycles. The Balaban J connectivity index is 1.95. The first-order chi connectivity index (χ1) is 8.63. The van der Waals surface area contributed by atoms with Crippen molar-refractivity contribution in [2.45, 2.75) is 26.4 Å². The summed E-state index contributed by atoms with van der Waals surface area (Å²) in [7, 11) is 0. The molecule has 0 bridgehead atoms. The first kappa shape index (κ1) is 12.5. The third-order valence-corrected chi connectivity index (χ3v) is 2.22. The zero-order chi connectivity index (χ0) is 13.0. The lowest BCUT2D eigenvalue weighted by atomic mass is 10.3. The molecular weight excluding hydrogens is 235 g/mol. The van der Waals surface area contributed by atoms with E-state index in [2.05, 4.69) is 20.8 Å². The number of nitrogens with zero attached hydrogens (tertiary/aromatic N) is 2. The van der Waals surface area contributed by atoms with Crippen LogP contribution in [0.15, 0.2) is 28.7 Å². The van der Waals surface area contributed by atoms with Crippen LogP contribution in [0.3, 0.4) is 0 Å². The molecule has 0 aliphatic rings. The average Bonchev–Trinajstić information content (AvgIpc) is 2.77. The molecule has 2 aromatic rings. The van der Waals surface area contributed by atoms with Crippen LogP contribution in [0.2, 0.25) is 0 Å². The summed E-state index contributed by atoms with van der Waals surface area (Å²) in [5.74, 6) is 0.223. The van der Waals surface area contributed by atoms with Crippen LogP contribution < -0.4 is 10.6 Å². The van der Waals surface area contributed by atoms with E-state index >= 15 is 0 Å². The molecule has 0 amide bonds. The number of hydrogen-bond acceptors (Lipinski definition) is 5. The third-order valence-electron chi connectivity index (χ3n) is 2.22. The van der Waals surface area contributed by atoms with Gasteiger partial charge in [-0.05, 0) is 24.3 Å². The number of benzene rings is 1.